The predicted molar refractivity (Wildman–Crippen MR) is 105 cm³/mol. The first kappa shape index (κ1) is 21.3. The molecular formula is C20H15F3N2O4S. The molecule has 0 saturated heterocycles. The molecule has 3 rings (SSSR count). The van der Waals surface area contributed by atoms with Crippen molar-refractivity contribution in [1.29, 1.82) is 0 Å². The van der Waals surface area contributed by atoms with Crippen molar-refractivity contribution in [1.82, 2.24) is 0 Å². The minimum absolute atomic E-state index is 0.112. The van der Waals surface area contributed by atoms with E-state index in [9.17, 15) is 31.7 Å². The maximum absolute atomic E-state index is 12.8. The van der Waals surface area contributed by atoms with Crippen LogP contribution in [-0.2, 0) is 9.84 Å². The van der Waals surface area contributed by atoms with Crippen LogP contribution in [0, 0.1) is 10.1 Å². The number of alkyl halides is 3. The number of sulfone groups is 1. The third-order valence-electron chi connectivity index (χ3n) is 4.35. The number of hydrogen-bond acceptors (Lipinski definition) is 5. The summed E-state index contributed by atoms with van der Waals surface area (Å²) in [5.41, 5.74) is -4.95. The van der Waals surface area contributed by atoms with E-state index in [0.717, 1.165) is 17.2 Å². The van der Waals surface area contributed by atoms with Gasteiger partial charge in [0.1, 0.15) is 5.69 Å². The largest absolute Gasteiger partial charge is 0.501 e. The molecule has 0 radical (unpaired) electrons. The van der Waals surface area contributed by atoms with Crippen molar-refractivity contribution in [3.63, 3.8) is 0 Å². The molecule has 0 atom stereocenters. The Kier molecular flexibility index (Phi) is 5.79. The number of halogens is 3. The Labute approximate surface area is 170 Å². The second-order valence-electron chi connectivity index (χ2n) is 6.28. The monoisotopic (exact) mass is 436 g/mol. The molecule has 0 bridgehead atoms. The van der Waals surface area contributed by atoms with Crippen LogP contribution < -0.4 is 5.32 Å². The molecule has 30 heavy (non-hydrogen) atoms. The number of hydrogen-bond donors (Lipinski definition) is 1. The zero-order valence-electron chi connectivity index (χ0n) is 15.2. The molecule has 0 fully saturated rings. The number of benzene rings is 3. The van der Waals surface area contributed by atoms with E-state index in [2.05, 4.69) is 5.32 Å². The van der Waals surface area contributed by atoms with E-state index in [1.807, 2.05) is 0 Å². The van der Waals surface area contributed by atoms with E-state index in [-0.39, 0.29) is 5.69 Å². The van der Waals surface area contributed by atoms with E-state index in [0.29, 0.717) is 12.1 Å². The molecule has 0 aromatic heterocycles. The molecule has 0 unspecified atom stereocenters. The number of nitro groups is 1. The summed E-state index contributed by atoms with van der Waals surface area (Å²) in [5, 5.41) is 14.5. The van der Waals surface area contributed by atoms with Gasteiger partial charge in [0.2, 0.25) is 0 Å². The number of nitro benzene ring substituents is 1. The van der Waals surface area contributed by atoms with Crippen molar-refractivity contribution in [2.24, 2.45) is 0 Å². The standard InChI is InChI=1S/C20H15F3N2O4S/c21-20(22,23)30(28,29)16-11-12-17(18(13-16)25(26)27)24-19(14-7-3-1-4-8-14)15-9-5-2-6-10-15/h1-13,19,24H. The van der Waals surface area contributed by atoms with Crippen LogP contribution >= 0.6 is 0 Å². The van der Waals surface area contributed by atoms with Gasteiger partial charge >= 0.3 is 5.51 Å². The van der Waals surface area contributed by atoms with E-state index in [1.54, 1.807) is 60.7 Å². The van der Waals surface area contributed by atoms with Crippen LogP contribution in [-0.4, -0.2) is 18.8 Å². The van der Waals surface area contributed by atoms with Gasteiger partial charge in [0, 0.05) is 6.07 Å². The highest BCUT2D eigenvalue weighted by atomic mass is 32.2. The summed E-state index contributed by atoms with van der Waals surface area (Å²) in [6.07, 6.45) is 0. The van der Waals surface area contributed by atoms with Crippen molar-refractivity contribution in [2.75, 3.05) is 5.32 Å². The van der Waals surface area contributed by atoms with Crippen molar-refractivity contribution in [2.45, 2.75) is 16.4 Å². The lowest BCUT2D eigenvalue weighted by atomic mass is 9.98. The Morgan fingerprint density at radius 1 is 0.867 bits per heavy atom. The molecule has 0 aliphatic rings. The van der Waals surface area contributed by atoms with Crippen molar-refractivity contribution in [3.05, 3.63) is 100 Å². The van der Waals surface area contributed by atoms with Crippen LogP contribution in [0.2, 0.25) is 0 Å². The first-order chi connectivity index (χ1) is 14.1. The second kappa shape index (κ2) is 8.15. The quantitative estimate of drug-likeness (QED) is 0.429. The van der Waals surface area contributed by atoms with Crippen molar-refractivity contribution < 1.29 is 26.5 Å². The Morgan fingerprint density at radius 2 is 1.37 bits per heavy atom. The summed E-state index contributed by atoms with van der Waals surface area (Å²) in [6, 6.07) is 19.4. The summed E-state index contributed by atoms with van der Waals surface area (Å²) in [4.78, 5) is 9.38. The SMILES string of the molecule is O=[N+]([O-])c1cc(S(=O)(=O)C(F)(F)F)ccc1NC(c1ccccc1)c1ccccc1. The molecule has 3 aromatic carbocycles. The Morgan fingerprint density at radius 3 is 1.80 bits per heavy atom. The molecule has 1 N–H and O–H groups in total. The van der Waals surface area contributed by atoms with Crippen LogP contribution in [0.25, 0.3) is 0 Å². The third kappa shape index (κ3) is 4.28. The van der Waals surface area contributed by atoms with E-state index in [1.165, 1.54) is 0 Å². The molecule has 0 heterocycles. The van der Waals surface area contributed by atoms with Gasteiger partial charge in [-0.2, -0.15) is 13.2 Å². The van der Waals surface area contributed by atoms with Crippen LogP contribution in [0.4, 0.5) is 24.5 Å². The maximum Gasteiger partial charge on any atom is 0.501 e. The van der Waals surface area contributed by atoms with Gasteiger partial charge < -0.3 is 5.32 Å². The van der Waals surface area contributed by atoms with Crippen LogP contribution in [0.1, 0.15) is 17.2 Å². The van der Waals surface area contributed by atoms with Crippen LogP contribution in [0.15, 0.2) is 83.8 Å². The molecule has 10 heteroatoms. The predicted octanol–water partition coefficient (Wildman–Crippen LogP) is 5.09. The van der Waals surface area contributed by atoms with E-state index < -0.39 is 36.9 Å². The maximum atomic E-state index is 12.8. The first-order valence-corrected chi connectivity index (χ1v) is 10.1. The molecule has 0 amide bonds. The number of rotatable bonds is 6. The van der Waals surface area contributed by atoms with Gasteiger partial charge in [-0.1, -0.05) is 60.7 Å². The van der Waals surface area contributed by atoms with E-state index in [4.69, 9.17) is 0 Å². The highest BCUT2D eigenvalue weighted by Gasteiger charge is 2.47. The molecule has 0 aliphatic carbocycles. The fourth-order valence-electron chi connectivity index (χ4n) is 2.89. The Balaban J connectivity index is 2.09. The molecule has 0 spiro atoms. The highest BCUT2D eigenvalue weighted by Crippen LogP contribution is 2.37. The Hall–Kier alpha value is -3.40. The summed E-state index contributed by atoms with van der Waals surface area (Å²) in [5.74, 6) is 0. The zero-order chi connectivity index (χ0) is 21.9. The molecular weight excluding hydrogens is 421 g/mol. The Bertz CT molecular complexity index is 1110. The molecule has 6 nitrogen and oxygen atoms in total. The highest BCUT2D eigenvalue weighted by molar-refractivity contribution is 7.92. The van der Waals surface area contributed by atoms with Crippen molar-refractivity contribution >= 4 is 21.2 Å². The number of nitrogens with zero attached hydrogens (tertiary/aromatic N) is 1. The first-order valence-electron chi connectivity index (χ1n) is 8.57. The number of anilines is 1. The minimum Gasteiger partial charge on any atom is -0.369 e. The van der Waals surface area contributed by atoms with Gasteiger partial charge in [-0.05, 0) is 23.3 Å². The lowest BCUT2D eigenvalue weighted by Gasteiger charge is -2.21. The fraction of sp³-hybridized carbons (Fsp3) is 0.100. The second-order valence-corrected chi connectivity index (χ2v) is 8.23. The average Bonchev–Trinajstić information content (AvgIpc) is 2.72. The summed E-state index contributed by atoms with van der Waals surface area (Å²) < 4.78 is 61.8. The summed E-state index contributed by atoms with van der Waals surface area (Å²) in [6.45, 7) is 0. The van der Waals surface area contributed by atoms with Gasteiger partial charge in [0.15, 0.2) is 0 Å². The summed E-state index contributed by atoms with van der Waals surface area (Å²) >= 11 is 0. The van der Waals surface area contributed by atoms with Gasteiger partial charge in [-0.15, -0.1) is 0 Å². The minimum atomic E-state index is -5.71. The average molecular weight is 436 g/mol. The molecule has 3 aromatic rings. The summed E-state index contributed by atoms with van der Waals surface area (Å²) in [7, 11) is -5.71. The lowest BCUT2D eigenvalue weighted by Crippen LogP contribution is -2.23. The molecule has 156 valence electrons. The van der Waals surface area contributed by atoms with Crippen molar-refractivity contribution in [3.8, 4) is 0 Å². The van der Waals surface area contributed by atoms with E-state index >= 15 is 0 Å². The normalized spacial score (nSPS) is 12.0. The molecule has 0 saturated carbocycles. The lowest BCUT2D eigenvalue weighted by molar-refractivity contribution is -0.384. The molecule has 0 aliphatic heterocycles. The smallest absolute Gasteiger partial charge is 0.369 e. The third-order valence-corrected chi connectivity index (χ3v) is 5.83. The number of nitrogens with one attached hydrogen (secondary N) is 1. The van der Waals surface area contributed by atoms with Gasteiger partial charge in [0.25, 0.3) is 15.5 Å². The zero-order valence-corrected chi connectivity index (χ0v) is 16.0. The van der Waals surface area contributed by atoms with Gasteiger partial charge in [-0.25, -0.2) is 8.42 Å². The van der Waals surface area contributed by atoms with Gasteiger partial charge in [-0.3, -0.25) is 10.1 Å². The van der Waals surface area contributed by atoms with Gasteiger partial charge in [0.05, 0.1) is 15.9 Å². The fourth-order valence-corrected chi connectivity index (χ4v) is 3.67. The van der Waals surface area contributed by atoms with Crippen LogP contribution in [0.5, 0.6) is 0 Å². The van der Waals surface area contributed by atoms with Crippen LogP contribution in [0.3, 0.4) is 0 Å². The topological polar surface area (TPSA) is 89.3 Å².